The fourth-order valence-electron chi connectivity index (χ4n) is 4.43. The Morgan fingerprint density at radius 3 is 3.00 bits per heavy atom. The molecule has 0 fully saturated rings. The molecule has 4 heteroatoms. The van der Waals surface area contributed by atoms with E-state index in [1.807, 2.05) is 13.0 Å². The Balaban J connectivity index is 1.74. The van der Waals surface area contributed by atoms with Gasteiger partial charge in [-0.15, -0.1) is 0 Å². The number of hydrogen-bond acceptors (Lipinski definition) is 4. The van der Waals surface area contributed by atoms with Gasteiger partial charge >= 0.3 is 0 Å². The predicted molar refractivity (Wildman–Crippen MR) is 95.8 cm³/mol. The second-order valence-electron chi connectivity index (χ2n) is 7.94. The lowest BCUT2D eigenvalue weighted by Crippen LogP contribution is -2.43. The van der Waals surface area contributed by atoms with Crippen molar-refractivity contribution in [3.05, 3.63) is 34.6 Å². The van der Waals surface area contributed by atoms with Crippen LogP contribution < -0.4 is 0 Å². The lowest BCUT2D eigenvalue weighted by atomic mass is 9.74. The molecule has 1 aliphatic heterocycles. The summed E-state index contributed by atoms with van der Waals surface area (Å²) in [6, 6.07) is 0. The van der Waals surface area contributed by atoms with E-state index >= 15 is 0 Å². The highest BCUT2D eigenvalue weighted by Gasteiger charge is 2.49. The van der Waals surface area contributed by atoms with Crippen LogP contribution in [0.2, 0.25) is 0 Å². The zero-order valence-electron chi connectivity index (χ0n) is 15.4. The third-order valence-corrected chi connectivity index (χ3v) is 6.05. The van der Waals surface area contributed by atoms with Crippen LogP contribution in [-0.2, 0) is 14.3 Å². The van der Waals surface area contributed by atoms with Crippen LogP contribution in [0.15, 0.2) is 34.6 Å². The highest BCUT2D eigenvalue weighted by Crippen LogP contribution is 2.51. The maximum Gasteiger partial charge on any atom is 0.190 e. The topological polar surface area (TPSA) is 63.6 Å². The number of ether oxygens (including phenoxy) is 1. The normalized spacial score (nSPS) is 33.4. The molecule has 136 valence electrons. The van der Waals surface area contributed by atoms with Crippen LogP contribution in [0.3, 0.4) is 0 Å². The van der Waals surface area contributed by atoms with Gasteiger partial charge in [0.2, 0.25) is 0 Å². The number of rotatable bonds is 5. The highest BCUT2D eigenvalue weighted by molar-refractivity contribution is 6.00. The standard InChI is InChI=1S/C21H28O4/c1-13(12-22)5-4-6-14(2)15-9-10-21(3)17(15)11-16-19(25-21)8-7-18(23)20(16)24/h5,9,12,14,17-18,23H,4,6-8,10-11H2,1-3H3/b13-5+/t14?,17-,18?,21+/m0/s1. The summed E-state index contributed by atoms with van der Waals surface area (Å²) < 4.78 is 6.30. The third kappa shape index (κ3) is 3.37. The summed E-state index contributed by atoms with van der Waals surface area (Å²) in [7, 11) is 0. The molecule has 0 saturated carbocycles. The van der Waals surface area contributed by atoms with Gasteiger partial charge in [0.25, 0.3) is 0 Å². The van der Waals surface area contributed by atoms with Crippen molar-refractivity contribution >= 4 is 12.1 Å². The molecule has 0 aromatic heterocycles. The Morgan fingerprint density at radius 1 is 1.52 bits per heavy atom. The first-order valence-corrected chi connectivity index (χ1v) is 9.31. The SMILES string of the molecule is C/C(C=O)=C\CCC(C)C1=CC[C@@]2(C)OC3=C(C[C@@H]12)C(=O)C(O)CC3. The Bertz CT molecular complexity index is 669. The summed E-state index contributed by atoms with van der Waals surface area (Å²) in [6.07, 6.45) is 8.82. The lowest BCUT2D eigenvalue weighted by Gasteiger charge is -2.43. The van der Waals surface area contributed by atoms with E-state index in [9.17, 15) is 14.7 Å². The number of ketones is 1. The van der Waals surface area contributed by atoms with Crippen LogP contribution in [0.1, 0.15) is 59.3 Å². The van der Waals surface area contributed by atoms with E-state index in [0.29, 0.717) is 30.8 Å². The molecule has 25 heavy (non-hydrogen) atoms. The van der Waals surface area contributed by atoms with Crippen LogP contribution in [0.25, 0.3) is 0 Å². The smallest absolute Gasteiger partial charge is 0.190 e. The van der Waals surface area contributed by atoms with Gasteiger partial charge in [0.1, 0.15) is 23.8 Å². The Hall–Kier alpha value is -1.68. The zero-order valence-corrected chi connectivity index (χ0v) is 15.4. The van der Waals surface area contributed by atoms with E-state index in [2.05, 4.69) is 19.9 Å². The van der Waals surface area contributed by atoms with Crippen molar-refractivity contribution < 1.29 is 19.4 Å². The Labute approximate surface area is 149 Å². The van der Waals surface area contributed by atoms with Gasteiger partial charge in [0.15, 0.2) is 5.78 Å². The number of aldehydes is 1. The molecule has 0 saturated heterocycles. The number of hydrogen-bond donors (Lipinski definition) is 1. The van der Waals surface area contributed by atoms with Crippen molar-refractivity contribution in [3.8, 4) is 0 Å². The number of fused-ring (bicyclic) bond motifs is 1. The summed E-state index contributed by atoms with van der Waals surface area (Å²) in [5.41, 5.74) is 2.58. The maximum atomic E-state index is 12.4. The monoisotopic (exact) mass is 344 g/mol. The molecule has 4 nitrogen and oxygen atoms in total. The fraction of sp³-hybridized carbons (Fsp3) is 0.619. The summed E-state index contributed by atoms with van der Waals surface area (Å²) >= 11 is 0. The average molecular weight is 344 g/mol. The molecule has 2 unspecified atom stereocenters. The largest absolute Gasteiger partial charge is 0.491 e. The summed E-state index contributed by atoms with van der Waals surface area (Å²) in [5.74, 6) is 1.25. The molecule has 0 aromatic carbocycles. The van der Waals surface area contributed by atoms with Crippen molar-refractivity contribution in [1.82, 2.24) is 0 Å². The predicted octanol–water partition coefficient (Wildman–Crippen LogP) is 3.65. The van der Waals surface area contributed by atoms with Gasteiger partial charge in [-0.2, -0.15) is 0 Å². The maximum absolute atomic E-state index is 12.4. The number of carbonyl (C=O) groups excluding carboxylic acids is 2. The molecule has 0 radical (unpaired) electrons. The second-order valence-corrected chi connectivity index (χ2v) is 7.94. The lowest BCUT2D eigenvalue weighted by molar-refractivity contribution is -0.127. The van der Waals surface area contributed by atoms with Crippen LogP contribution in [-0.4, -0.2) is 28.9 Å². The molecule has 3 aliphatic rings. The first-order chi connectivity index (χ1) is 11.9. The van der Waals surface area contributed by atoms with E-state index in [0.717, 1.165) is 36.9 Å². The van der Waals surface area contributed by atoms with Gasteiger partial charge in [-0.05, 0) is 51.0 Å². The number of allylic oxidation sites excluding steroid dienone is 3. The van der Waals surface area contributed by atoms with Gasteiger partial charge < -0.3 is 9.84 Å². The Kier molecular flexibility index (Phi) is 5.01. The summed E-state index contributed by atoms with van der Waals surface area (Å²) in [6.45, 7) is 6.18. The van der Waals surface area contributed by atoms with Crippen LogP contribution in [0, 0.1) is 11.8 Å². The minimum absolute atomic E-state index is 0.147. The molecular formula is C21H28O4. The number of carbonyl (C=O) groups is 2. The molecule has 0 aromatic rings. The number of aliphatic hydroxyl groups is 1. The molecule has 3 rings (SSSR count). The number of Topliss-reactive ketones (excluding diaryl/α,β-unsaturated/α-hetero) is 1. The van der Waals surface area contributed by atoms with Crippen LogP contribution >= 0.6 is 0 Å². The molecule has 2 aliphatic carbocycles. The summed E-state index contributed by atoms with van der Waals surface area (Å²) in [5, 5.41) is 9.90. The van der Waals surface area contributed by atoms with Gasteiger partial charge in [-0.25, -0.2) is 0 Å². The molecule has 0 amide bonds. The van der Waals surface area contributed by atoms with Crippen LogP contribution in [0.4, 0.5) is 0 Å². The van der Waals surface area contributed by atoms with Gasteiger partial charge in [-0.3, -0.25) is 9.59 Å². The van der Waals surface area contributed by atoms with E-state index in [-0.39, 0.29) is 17.3 Å². The number of aliphatic hydroxyl groups excluding tert-OH is 1. The van der Waals surface area contributed by atoms with Crippen molar-refractivity contribution in [2.24, 2.45) is 11.8 Å². The molecule has 0 bridgehead atoms. The van der Waals surface area contributed by atoms with Crippen molar-refractivity contribution in [2.45, 2.75) is 71.0 Å². The van der Waals surface area contributed by atoms with E-state index < -0.39 is 6.10 Å². The average Bonchev–Trinajstić information content (AvgIpc) is 2.93. The zero-order chi connectivity index (χ0) is 18.2. The molecule has 1 heterocycles. The van der Waals surface area contributed by atoms with Gasteiger partial charge in [-0.1, -0.05) is 24.6 Å². The molecule has 0 spiro atoms. The molecule has 1 N–H and O–H groups in total. The van der Waals surface area contributed by atoms with Crippen molar-refractivity contribution in [3.63, 3.8) is 0 Å². The summed E-state index contributed by atoms with van der Waals surface area (Å²) in [4.78, 5) is 23.1. The second kappa shape index (κ2) is 6.91. The minimum atomic E-state index is -0.866. The van der Waals surface area contributed by atoms with E-state index in [1.54, 1.807) is 0 Å². The first kappa shape index (κ1) is 18.1. The van der Waals surface area contributed by atoms with Crippen molar-refractivity contribution in [2.75, 3.05) is 0 Å². The van der Waals surface area contributed by atoms with Gasteiger partial charge in [0, 0.05) is 24.3 Å². The third-order valence-electron chi connectivity index (χ3n) is 6.05. The van der Waals surface area contributed by atoms with E-state index in [4.69, 9.17) is 4.74 Å². The molecular weight excluding hydrogens is 316 g/mol. The van der Waals surface area contributed by atoms with Crippen molar-refractivity contribution in [1.29, 1.82) is 0 Å². The fourth-order valence-corrected chi connectivity index (χ4v) is 4.43. The van der Waals surface area contributed by atoms with Crippen LogP contribution in [0.5, 0.6) is 0 Å². The quantitative estimate of drug-likeness (QED) is 0.470. The highest BCUT2D eigenvalue weighted by atomic mass is 16.5. The first-order valence-electron chi connectivity index (χ1n) is 9.31. The molecule has 4 atom stereocenters. The van der Waals surface area contributed by atoms with Gasteiger partial charge in [0.05, 0.1) is 0 Å². The Morgan fingerprint density at radius 2 is 2.28 bits per heavy atom. The minimum Gasteiger partial charge on any atom is -0.491 e. The van der Waals surface area contributed by atoms with E-state index in [1.165, 1.54) is 5.57 Å².